The molecule has 2 aromatic rings. The van der Waals surface area contributed by atoms with Crippen LogP contribution < -0.4 is 11.1 Å². The lowest BCUT2D eigenvalue weighted by molar-refractivity contribution is -0.116. The van der Waals surface area contributed by atoms with Crippen LogP contribution in [0, 0.1) is 6.92 Å². The van der Waals surface area contributed by atoms with Gasteiger partial charge in [-0.15, -0.1) is 10.2 Å². The van der Waals surface area contributed by atoms with E-state index < -0.39 is 0 Å². The Morgan fingerprint density at radius 3 is 2.90 bits per heavy atom. The molecule has 0 bridgehead atoms. The van der Waals surface area contributed by atoms with Gasteiger partial charge in [0.05, 0.1) is 0 Å². The normalized spacial score (nSPS) is 10.6. The molecule has 0 aliphatic rings. The molecule has 1 aromatic carbocycles. The van der Waals surface area contributed by atoms with Gasteiger partial charge < -0.3 is 11.1 Å². The molecule has 112 valence electrons. The highest BCUT2D eigenvalue weighted by atomic mass is 35.5. The zero-order valence-electron chi connectivity index (χ0n) is 11.8. The van der Waals surface area contributed by atoms with Crippen LogP contribution in [0.5, 0.6) is 0 Å². The van der Waals surface area contributed by atoms with Gasteiger partial charge in [0.15, 0.2) is 5.16 Å². The molecular formula is C13H16ClN5OS. The maximum Gasteiger partial charge on any atom is 0.244 e. The highest BCUT2D eigenvalue weighted by Gasteiger charge is 2.13. The number of benzene rings is 1. The Hall–Kier alpha value is -1.73. The Bertz CT molecular complexity index is 658. The van der Waals surface area contributed by atoms with Crippen molar-refractivity contribution in [2.75, 3.05) is 16.8 Å². The standard InChI is InChI=1S/C13H16ClN5OS/c1-3-21-13-18-17-12(15)19(13)7-11(20)16-10-5-4-9(14)6-8(10)2/h4-6H,3,7H2,1-2H3,(H2,15,17)(H,16,20). The minimum Gasteiger partial charge on any atom is -0.368 e. The SMILES string of the molecule is CCSc1nnc(N)n1CC(=O)Nc1ccc(Cl)cc1C. The summed E-state index contributed by atoms with van der Waals surface area (Å²) < 4.78 is 1.59. The van der Waals surface area contributed by atoms with Crippen LogP contribution in [0.2, 0.25) is 5.02 Å². The largest absolute Gasteiger partial charge is 0.368 e. The number of hydrogen-bond donors (Lipinski definition) is 2. The summed E-state index contributed by atoms with van der Waals surface area (Å²) in [7, 11) is 0. The third kappa shape index (κ3) is 3.89. The van der Waals surface area contributed by atoms with Crippen LogP contribution in [0.15, 0.2) is 23.4 Å². The topological polar surface area (TPSA) is 85.8 Å². The van der Waals surface area contributed by atoms with Crippen molar-refractivity contribution in [3.63, 3.8) is 0 Å². The maximum absolute atomic E-state index is 12.1. The van der Waals surface area contributed by atoms with Crippen molar-refractivity contribution in [1.29, 1.82) is 0 Å². The zero-order chi connectivity index (χ0) is 15.4. The lowest BCUT2D eigenvalue weighted by Gasteiger charge is -2.10. The van der Waals surface area contributed by atoms with E-state index in [0.717, 1.165) is 17.0 Å². The minimum absolute atomic E-state index is 0.0727. The van der Waals surface area contributed by atoms with Crippen molar-refractivity contribution in [3.05, 3.63) is 28.8 Å². The minimum atomic E-state index is -0.190. The Balaban J connectivity index is 2.10. The van der Waals surface area contributed by atoms with E-state index in [0.29, 0.717) is 10.2 Å². The first-order valence-corrected chi connectivity index (χ1v) is 7.75. The molecule has 21 heavy (non-hydrogen) atoms. The van der Waals surface area contributed by atoms with Gasteiger partial charge in [-0.25, -0.2) is 0 Å². The number of carbonyl (C=O) groups excluding carboxylic acids is 1. The van der Waals surface area contributed by atoms with Gasteiger partial charge in [-0.05, 0) is 36.4 Å². The Morgan fingerprint density at radius 2 is 2.24 bits per heavy atom. The van der Waals surface area contributed by atoms with E-state index in [9.17, 15) is 4.79 Å². The number of thioether (sulfide) groups is 1. The summed E-state index contributed by atoms with van der Waals surface area (Å²) in [6.45, 7) is 3.95. The predicted molar refractivity (Wildman–Crippen MR) is 85.7 cm³/mol. The van der Waals surface area contributed by atoms with Crippen LogP contribution in [0.3, 0.4) is 0 Å². The smallest absolute Gasteiger partial charge is 0.244 e. The molecule has 0 saturated heterocycles. The van der Waals surface area contributed by atoms with Crippen molar-refractivity contribution in [3.8, 4) is 0 Å². The van der Waals surface area contributed by atoms with Gasteiger partial charge in [-0.3, -0.25) is 9.36 Å². The lowest BCUT2D eigenvalue weighted by Crippen LogP contribution is -2.21. The van der Waals surface area contributed by atoms with E-state index in [1.807, 2.05) is 13.8 Å². The number of nitrogen functional groups attached to an aromatic ring is 1. The summed E-state index contributed by atoms with van der Waals surface area (Å²) in [5.41, 5.74) is 7.36. The summed E-state index contributed by atoms with van der Waals surface area (Å²) in [5.74, 6) is 0.870. The Kier molecular flexibility index (Phi) is 5.08. The molecule has 1 heterocycles. The number of hydrogen-bond acceptors (Lipinski definition) is 5. The fraction of sp³-hybridized carbons (Fsp3) is 0.308. The average molecular weight is 326 g/mol. The first-order valence-electron chi connectivity index (χ1n) is 6.38. The number of nitrogens with zero attached hydrogens (tertiary/aromatic N) is 3. The van der Waals surface area contributed by atoms with Crippen molar-refractivity contribution < 1.29 is 4.79 Å². The molecule has 8 heteroatoms. The number of aromatic nitrogens is 3. The van der Waals surface area contributed by atoms with Crippen molar-refractivity contribution in [2.45, 2.75) is 25.5 Å². The molecule has 3 N–H and O–H groups in total. The van der Waals surface area contributed by atoms with Gasteiger partial charge in [0, 0.05) is 10.7 Å². The third-order valence-electron chi connectivity index (χ3n) is 2.78. The van der Waals surface area contributed by atoms with Gasteiger partial charge in [-0.2, -0.15) is 0 Å². The van der Waals surface area contributed by atoms with Crippen LogP contribution in [-0.2, 0) is 11.3 Å². The van der Waals surface area contributed by atoms with E-state index in [-0.39, 0.29) is 18.4 Å². The third-order valence-corrected chi connectivity index (χ3v) is 3.87. The van der Waals surface area contributed by atoms with Crippen molar-refractivity contribution in [1.82, 2.24) is 14.8 Å². The van der Waals surface area contributed by atoms with Crippen LogP contribution in [0.25, 0.3) is 0 Å². The maximum atomic E-state index is 12.1. The zero-order valence-corrected chi connectivity index (χ0v) is 13.3. The number of halogens is 1. The fourth-order valence-electron chi connectivity index (χ4n) is 1.79. The van der Waals surface area contributed by atoms with E-state index in [1.165, 1.54) is 11.8 Å². The summed E-state index contributed by atoms with van der Waals surface area (Å²) >= 11 is 7.38. The highest BCUT2D eigenvalue weighted by molar-refractivity contribution is 7.99. The molecule has 0 aliphatic carbocycles. The summed E-state index contributed by atoms with van der Waals surface area (Å²) in [6.07, 6.45) is 0. The Morgan fingerprint density at radius 1 is 1.48 bits per heavy atom. The summed E-state index contributed by atoms with van der Waals surface area (Å²) in [6, 6.07) is 5.30. The van der Waals surface area contributed by atoms with E-state index >= 15 is 0 Å². The van der Waals surface area contributed by atoms with Gasteiger partial charge in [0.1, 0.15) is 6.54 Å². The molecular weight excluding hydrogens is 310 g/mol. The molecule has 0 aliphatic heterocycles. The number of carbonyl (C=O) groups is 1. The molecule has 0 unspecified atom stereocenters. The molecule has 0 radical (unpaired) electrons. The van der Waals surface area contributed by atoms with Crippen molar-refractivity contribution >= 4 is 40.9 Å². The van der Waals surface area contributed by atoms with Crippen LogP contribution in [-0.4, -0.2) is 26.4 Å². The predicted octanol–water partition coefficient (Wildman–Crippen LogP) is 2.57. The van der Waals surface area contributed by atoms with Gasteiger partial charge in [0.25, 0.3) is 0 Å². The first-order chi connectivity index (χ1) is 10.0. The number of amides is 1. The number of aryl methyl sites for hydroxylation is 1. The number of nitrogens with two attached hydrogens (primary N) is 1. The van der Waals surface area contributed by atoms with Crippen molar-refractivity contribution in [2.24, 2.45) is 0 Å². The van der Waals surface area contributed by atoms with Crippen LogP contribution >= 0.6 is 23.4 Å². The highest BCUT2D eigenvalue weighted by Crippen LogP contribution is 2.21. The van der Waals surface area contributed by atoms with E-state index in [4.69, 9.17) is 17.3 Å². The lowest BCUT2D eigenvalue weighted by atomic mass is 10.2. The second kappa shape index (κ2) is 6.82. The second-order valence-electron chi connectivity index (χ2n) is 4.37. The molecule has 0 spiro atoms. The first kappa shape index (κ1) is 15.7. The monoisotopic (exact) mass is 325 g/mol. The van der Waals surface area contributed by atoms with Gasteiger partial charge in [0.2, 0.25) is 11.9 Å². The molecule has 2 rings (SSSR count). The van der Waals surface area contributed by atoms with Gasteiger partial charge in [-0.1, -0.05) is 30.3 Å². The molecule has 0 saturated carbocycles. The summed E-state index contributed by atoms with van der Waals surface area (Å²) in [4.78, 5) is 12.1. The summed E-state index contributed by atoms with van der Waals surface area (Å²) in [5, 5.41) is 11.8. The van der Waals surface area contributed by atoms with E-state index in [2.05, 4.69) is 15.5 Å². The molecule has 1 aromatic heterocycles. The van der Waals surface area contributed by atoms with E-state index in [1.54, 1.807) is 22.8 Å². The second-order valence-corrected chi connectivity index (χ2v) is 6.03. The quantitative estimate of drug-likeness (QED) is 0.825. The molecule has 0 fully saturated rings. The molecule has 6 nitrogen and oxygen atoms in total. The number of nitrogens with one attached hydrogen (secondary N) is 1. The molecule has 1 amide bonds. The number of anilines is 2. The fourth-order valence-corrected chi connectivity index (χ4v) is 2.68. The van der Waals surface area contributed by atoms with Gasteiger partial charge >= 0.3 is 0 Å². The van der Waals surface area contributed by atoms with Crippen LogP contribution in [0.4, 0.5) is 11.6 Å². The van der Waals surface area contributed by atoms with Crippen LogP contribution in [0.1, 0.15) is 12.5 Å². The average Bonchev–Trinajstić information content (AvgIpc) is 2.75. The number of rotatable bonds is 5. The molecule has 0 atom stereocenters. The Labute approximate surface area is 132 Å².